The molecular formula is C20H25N7O. The fraction of sp³-hybridized carbons (Fsp3) is 0.550. The number of nitriles is 1. The Hall–Kier alpha value is -2.79. The van der Waals surface area contributed by atoms with E-state index < -0.39 is 0 Å². The monoisotopic (exact) mass is 379 g/mol. The minimum absolute atomic E-state index is 0.0249. The van der Waals surface area contributed by atoms with E-state index >= 15 is 0 Å². The maximum Gasteiger partial charge on any atom is 0.255 e. The van der Waals surface area contributed by atoms with Crippen LogP contribution in [-0.4, -0.2) is 61.6 Å². The van der Waals surface area contributed by atoms with E-state index in [0.717, 1.165) is 44.1 Å². The number of piperidine rings is 1. The van der Waals surface area contributed by atoms with Crippen LogP contribution in [-0.2, 0) is 13.6 Å². The van der Waals surface area contributed by atoms with Crippen LogP contribution in [0.5, 0.6) is 0 Å². The van der Waals surface area contributed by atoms with Crippen LogP contribution in [0.25, 0.3) is 0 Å². The summed E-state index contributed by atoms with van der Waals surface area (Å²) in [6, 6.07) is 5.23. The van der Waals surface area contributed by atoms with Crippen LogP contribution in [0.15, 0.2) is 18.3 Å². The Bertz CT molecular complexity index is 869. The number of aromatic nitrogens is 4. The van der Waals surface area contributed by atoms with Gasteiger partial charge in [0.05, 0.1) is 12.1 Å². The largest absolute Gasteiger partial charge is 0.339 e. The van der Waals surface area contributed by atoms with E-state index in [1.165, 1.54) is 19.0 Å². The number of carbonyl (C=O) groups is 1. The molecule has 0 aliphatic carbocycles. The number of hydrogen-bond acceptors (Lipinski definition) is 6. The fourth-order valence-corrected chi connectivity index (χ4v) is 4.12. The second kappa shape index (κ2) is 8.07. The maximum atomic E-state index is 12.7. The van der Waals surface area contributed by atoms with Crippen molar-refractivity contribution in [2.45, 2.75) is 38.1 Å². The van der Waals surface area contributed by atoms with E-state index in [0.29, 0.717) is 30.3 Å². The van der Waals surface area contributed by atoms with Gasteiger partial charge in [-0.3, -0.25) is 9.69 Å². The lowest BCUT2D eigenvalue weighted by Crippen LogP contribution is -2.38. The summed E-state index contributed by atoms with van der Waals surface area (Å²) in [6.07, 6.45) is 5.79. The molecule has 2 aliphatic heterocycles. The van der Waals surface area contributed by atoms with Gasteiger partial charge < -0.3 is 9.47 Å². The zero-order valence-electron chi connectivity index (χ0n) is 16.2. The first-order valence-electron chi connectivity index (χ1n) is 9.91. The molecule has 0 atom stereocenters. The Morgan fingerprint density at radius 3 is 2.57 bits per heavy atom. The summed E-state index contributed by atoms with van der Waals surface area (Å²) < 4.78 is 2.14. The molecule has 0 unspecified atom stereocenters. The number of likely N-dealkylation sites (tertiary alicyclic amines) is 2. The second-order valence-corrected chi connectivity index (χ2v) is 7.63. The molecule has 4 heterocycles. The molecule has 1 amide bonds. The Morgan fingerprint density at radius 2 is 1.93 bits per heavy atom. The molecule has 2 aromatic heterocycles. The van der Waals surface area contributed by atoms with Crippen LogP contribution in [0.3, 0.4) is 0 Å². The highest BCUT2D eigenvalue weighted by Gasteiger charge is 2.28. The van der Waals surface area contributed by atoms with E-state index in [2.05, 4.69) is 31.7 Å². The highest BCUT2D eigenvalue weighted by atomic mass is 16.2. The minimum Gasteiger partial charge on any atom is -0.339 e. The summed E-state index contributed by atoms with van der Waals surface area (Å²) in [5.74, 6) is 2.36. The first-order chi connectivity index (χ1) is 13.7. The molecule has 0 saturated carbocycles. The van der Waals surface area contributed by atoms with Crippen molar-refractivity contribution in [3.8, 4) is 6.07 Å². The Kier molecular flexibility index (Phi) is 5.35. The number of rotatable bonds is 4. The molecule has 2 aromatic rings. The third kappa shape index (κ3) is 3.76. The molecule has 2 saturated heterocycles. The smallest absolute Gasteiger partial charge is 0.255 e. The molecule has 4 rings (SSSR count). The molecule has 0 spiro atoms. The summed E-state index contributed by atoms with van der Waals surface area (Å²) >= 11 is 0. The van der Waals surface area contributed by atoms with Crippen molar-refractivity contribution >= 4 is 5.91 Å². The average molecular weight is 379 g/mol. The Labute approximate surface area is 164 Å². The van der Waals surface area contributed by atoms with Crippen LogP contribution in [0.4, 0.5) is 0 Å². The Balaban J connectivity index is 1.36. The van der Waals surface area contributed by atoms with Gasteiger partial charge in [0.2, 0.25) is 0 Å². The predicted octanol–water partition coefficient (Wildman–Crippen LogP) is 1.70. The van der Waals surface area contributed by atoms with Crippen molar-refractivity contribution < 1.29 is 4.79 Å². The van der Waals surface area contributed by atoms with E-state index in [1.807, 2.05) is 11.0 Å². The van der Waals surface area contributed by atoms with Crippen molar-refractivity contribution in [2.75, 3.05) is 26.2 Å². The lowest BCUT2D eigenvalue weighted by Gasteiger charge is -2.31. The van der Waals surface area contributed by atoms with Crippen LogP contribution in [0, 0.1) is 11.3 Å². The summed E-state index contributed by atoms with van der Waals surface area (Å²) in [7, 11) is 2.06. The number of hydrogen-bond donors (Lipinski definition) is 0. The molecule has 0 aromatic carbocycles. The fourth-order valence-electron chi connectivity index (χ4n) is 4.12. The van der Waals surface area contributed by atoms with Gasteiger partial charge in [-0.1, -0.05) is 0 Å². The summed E-state index contributed by atoms with van der Waals surface area (Å²) in [5, 5.41) is 17.7. The van der Waals surface area contributed by atoms with Gasteiger partial charge in [0.15, 0.2) is 0 Å². The zero-order valence-corrected chi connectivity index (χ0v) is 16.2. The van der Waals surface area contributed by atoms with Crippen molar-refractivity contribution in [1.82, 2.24) is 29.5 Å². The third-order valence-corrected chi connectivity index (χ3v) is 5.83. The van der Waals surface area contributed by atoms with Gasteiger partial charge in [-0.05, 0) is 50.9 Å². The van der Waals surface area contributed by atoms with Gasteiger partial charge in [-0.25, -0.2) is 4.98 Å². The maximum absolute atomic E-state index is 12.7. The molecule has 28 heavy (non-hydrogen) atoms. The lowest BCUT2D eigenvalue weighted by atomic mass is 9.95. The Morgan fingerprint density at radius 1 is 1.18 bits per heavy atom. The van der Waals surface area contributed by atoms with Crippen LogP contribution >= 0.6 is 0 Å². The number of pyridine rings is 1. The highest BCUT2D eigenvalue weighted by Crippen LogP contribution is 2.28. The van der Waals surface area contributed by atoms with Crippen LogP contribution in [0.2, 0.25) is 0 Å². The number of carbonyl (C=O) groups excluding carboxylic acids is 1. The first kappa shape index (κ1) is 18.6. The normalized spacial score (nSPS) is 18.4. The number of amides is 1. The molecule has 2 aliphatic rings. The number of nitrogens with zero attached hydrogens (tertiary/aromatic N) is 7. The van der Waals surface area contributed by atoms with Crippen molar-refractivity contribution in [3.05, 3.63) is 41.2 Å². The highest BCUT2D eigenvalue weighted by molar-refractivity contribution is 5.94. The molecule has 0 bridgehead atoms. The van der Waals surface area contributed by atoms with Crippen molar-refractivity contribution in [1.29, 1.82) is 5.26 Å². The van der Waals surface area contributed by atoms with Gasteiger partial charge >= 0.3 is 0 Å². The third-order valence-electron chi connectivity index (χ3n) is 5.83. The molecule has 8 nitrogen and oxygen atoms in total. The molecule has 0 N–H and O–H groups in total. The van der Waals surface area contributed by atoms with E-state index in [1.54, 1.807) is 12.1 Å². The van der Waals surface area contributed by atoms with Crippen molar-refractivity contribution in [3.63, 3.8) is 0 Å². The van der Waals surface area contributed by atoms with Gasteiger partial charge in [-0.2, -0.15) is 5.26 Å². The van der Waals surface area contributed by atoms with Gasteiger partial charge in [0.25, 0.3) is 5.91 Å². The summed E-state index contributed by atoms with van der Waals surface area (Å²) in [6.45, 7) is 4.54. The minimum atomic E-state index is -0.0249. The van der Waals surface area contributed by atoms with Gasteiger partial charge in [0.1, 0.15) is 23.4 Å². The van der Waals surface area contributed by atoms with Crippen LogP contribution in [0.1, 0.15) is 59.3 Å². The van der Waals surface area contributed by atoms with Gasteiger partial charge in [0, 0.05) is 32.3 Å². The molecule has 146 valence electrons. The van der Waals surface area contributed by atoms with E-state index in [9.17, 15) is 4.79 Å². The topological polar surface area (TPSA) is 90.9 Å². The molecule has 2 fully saturated rings. The first-order valence-corrected chi connectivity index (χ1v) is 9.91. The van der Waals surface area contributed by atoms with Crippen LogP contribution < -0.4 is 0 Å². The quantitative estimate of drug-likeness (QED) is 0.803. The summed E-state index contributed by atoms with van der Waals surface area (Å²) in [4.78, 5) is 21.0. The molecular weight excluding hydrogens is 354 g/mol. The van der Waals surface area contributed by atoms with E-state index in [-0.39, 0.29) is 5.91 Å². The second-order valence-electron chi connectivity index (χ2n) is 7.63. The predicted molar refractivity (Wildman–Crippen MR) is 102 cm³/mol. The van der Waals surface area contributed by atoms with Crippen molar-refractivity contribution in [2.24, 2.45) is 7.05 Å². The van der Waals surface area contributed by atoms with E-state index in [4.69, 9.17) is 5.26 Å². The SMILES string of the molecule is Cn1c(CN2CCCC2)nnc1C1CCN(C(=O)c2ccc(C#N)nc2)CC1. The molecule has 8 heteroatoms. The zero-order chi connectivity index (χ0) is 19.5. The molecule has 0 radical (unpaired) electrons. The standard InChI is InChI=1S/C20H25N7O/c1-25-18(14-26-8-2-3-9-26)23-24-19(25)15-6-10-27(11-7-15)20(28)16-4-5-17(12-21)22-13-16/h4-5,13,15H,2-3,6-11,14H2,1H3. The average Bonchev–Trinajstić information content (AvgIpc) is 3.38. The summed E-state index contributed by atoms with van der Waals surface area (Å²) in [5.41, 5.74) is 0.853. The van der Waals surface area contributed by atoms with Gasteiger partial charge in [-0.15, -0.1) is 10.2 Å². The lowest BCUT2D eigenvalue weighted by molar-refractivity contribution is 0.0710.